The predicted octanol–water partition coefficient (Wildman–Crippen LogP) is 6.08. The van der Waals surface area contributed by atoms with Crippen molar-refractivity contribution in [2.45, 2.75) is 43.6 Å². The average molecular weight is 478 g/mol. The molecule has 3 rings (SSSR count). The van der Waals surface area contributed by atoms with E-state index in [2.05, 4.69) is 41.7 Å². The van der Waals surface area contributed by atoms with Crippen LogP contribution < -0.4 is 5.32 Å². The van der Waals surface area contributed by atoms with Crippen molar-refractivity contribution in [1.29, 1.82) is 0 Å². The van der Waals surface area contributed by atoms with Crippen molar-refractivity contribution in [2.75, 3.05) is 5.75 Å². The van der Waals surface area contributed by atoms with Crippen molar-refractivity contribution < 1.29 is 19.4 Å². The number of carbonyl (C=O) groups excluding carboxylic acids is 1. The third kappa shape index (κ3) is 6.41. The van der Waals surface area contributed by atoms with Crippen LogP contribution in [-0.2, 0) is 14.3 Å². The van der Waals surface area contributed by atoms with Crippen LogP contribution >= 0.6 is 11.8 Å². The van der Waals surface area contributed by atoms with Crippen molar-refractivity contribution in [3.8, 4) is 0 Å². The summed E-state index contributed by atoms with van der Waals surface area (Å²) < 4.78 is 4.71. The van der Waals surface area contributed by atoms with E-state index in [0.29, 0.717) is 5.75 Å². The first-order valence-electron chi connectivity index (χ1n) is 11.3. The second-order valence-electron chi connectivity index (χ2n) is 8.95. The molecule has 3 aromatic carbocycles. The van der Waals surface area contributed by atoms with Crippen LogP contribution in [0.5, 0.6) is 0 Å². The van der Waals surface area contributed by atoms with Crippen LogP contribution in [0.4, 0.5) is 4.79 Å². The van der Waals surface area contributed by atoms with E-state index in [0.717, 1.165) is 16.7 Å². The maximum atomic E-state index is 12.2. The zero-order valence-corrected chi connectivity index (χ0v) is 20.5. The summed E-state index contributed by atoms with van der Waals surface area (Å²) in [6.07, 6.45) is -0.488. The summed E-state index contributed by atoms with van der Waals surface area (Å²) in [4.78, 5) is 24.1. The van der Waals surface area contributed by atoms with Crippen LogP contribution in [0.15, 0.2) is 91.0 Å². The van der Waals surface area contributed by atoms with E-state index in [9.17, 15) is 14.7 Å². The Balaban J connectivity index is 1.92. The summed E-state index contributed by atoms with van der Waals surface area (Å²) in [5.74, 6) is -0.595. The molecule has 178 valence electrons. The molecule has 34 heavy (non-hydrogen) atoms. The van der Waals surface area contributed by atoms with Gasteiger partial charge in [0.1, 0.15) is 11.6 Å². The van der Waals surface area contributed by atoms with E-state index < -0.39 is 28.5 Å². The summed E-state index contributed by atoms with van der Waals surface area (Å²) in [5.41, 5.74) is 2.60. The SMILES string of the molecule is CC(C)(C)OC(=O)NC(CCSC(c1ccccc1)(c1ccccc1)c1ccccc1)C(=O)O. The van der Waals surface area contributed by atoms with Crippen LogP contribution in [0.3, 0.4) is 0 Å². The summed E-state index contributed by atoms with van der Waals surface area (Å²) in [6, 6.07) is 29.6. The molecule has 0 aliphatic rings. The van der Waals surface area contributed by atoms with Gasteiger partial charge >= 0.3 is 12.1 Å². The molecule has 5 nitrogen and oxygen atoms in total. The predicted molar refractivity (Wildman–Crippen MR) is 137 cm³/mol. The smallest absolute Gasteiger partial charge is 0.408 e. The van der Waals surface area contributed by atoms with E-state index in [1.165, 1.54) is 0 Å². The molecule has 2 N–H and O–H groups in total. The summed E-state index contributed by atoms with van der Waals surface area (Å²) in [7, 11) is 0. The molecule has 0 saturated carbocycles. The standard InChI is InChI=1S/C28H31NO4S/c1-27(2,3)33-26(32)29-24(25(30)31)19-20-34-28(21-13-7-4-8-14-21,22-15-9-5-10-16-22)23-17-11-6-12-18-23/h4-18,24H,19-20H2,1-3H3,(H,29,32)(H,30,31). The van der Waals surface area contributed by atoms with Gasteiger partial charge in [-0.1, -0.05) is 91.0 Å². The van der Waals surface area contributed by atoms with Crippen LogP contribution in [0.1, 0.15) is 43.9 Å². The van der Waals surface area contributed by atoms with Gasteiger partial charge in [-0.3, -0.25) is 0 Å². The van der Waals surface area contributed by atoms with Crippen LogP contribution in [-0.4, -0.2) is 34.6 Å². The first kappa shape index (κ1) is 25.4. The lowest BCUT2D eigenvalue weighted by Gasteiger charge is -2.36. The number of benzene rings is 3. The maximum Gasteiger partial charge on any atom is 0.408 e. The molecule has 0 saturated heterocycles. The first-order chi connectivity index (χ1) is 16.2. The second-order valence-corrected chi connectivity index (χ2v) is 10.3. The minimum absolute atomic E-state index is 0.244. The van der Waals surface area contributed by atoms with E-state index in [1.54, 1.807) is 32.5 Å². The molecule has 1 amide bonds. The summed E-state index contributed by atoms with van der Waals surface area (Å²) >= 11 is 1.66. The highest BCUT2D eigenvalue weighted by molar-refractivity contribution is 8.00. The molecule has 0 aromatic heterocycles. The Bertz CT molecular complexity index is 969. The third-order valence-electron chi connectivity index (χ3n) is 5.26. The van der Waals surface area contributed by atoms with Crippen LogP contribution in [0.25, 0.3) is 0 Å². The molecule has 0 spiro atoms. The number of aliphatic carboxylic acids is 1. The topological polar surface area (TPSA) is 75.6 Å². The van der Waals surface area contributed by atoms with Gasteiger partial charge in [0, 0.05) is 0 Å². The number of rotatable bonds is 9. The molecular weight excluding hydrogens is 446 g/mol. The number of carboxylic acids is 1. The summed E-state index contributed by atoms with van der Waals surface area (Å²) in [6.45, 7) is 5.23. The van der Waals surface area contributed by atoms with Crippen molar-refractivity contribution in [2.24, 2.45) is 0 Å². The van der Waals surface area contributed by atoms with Gasteiger partial charge in [0.2, 0.25) is 0 Å². The number of nitrogens with one attached hydrogen (secondary N) is 1. The molecule has 1 unspecified atom stereocenters. The lowest BCUT2D eigenvalue weighted by atomic mass is 9.84. The van der Waals surface area contributed by atoms with Gasteiger partial charge in [0.15, 0.2) is 0 Å². The van der Waals surface area contributed by atoms with Gasteiger partial charge in [0.25, 0.3) is 0 Å². The van der Waals surface area contributed by atoms with Gasteiger partial charge in [-0.25, -0.2) is 9.59 Å². The fraction of sp³-hybridized carbons (Fsp3) is 0.286. The number of ether oxygens (including phenoxy) is 1. The van der Waals surface area contributed by atoms with Gasteiger partial charge < -0.3 is 15.2 Å². The van der Waals surface area contributed by atoms with Gasteiger partial charge in [0.05, 0.1) is 4.75 Å². The zero-order chi connectivity index (χ0) is 24.6. The van der Waals surface area contributed by atoms with Crippen molar-refractivity contribution in [1.82, 2.24) is 5.32 Å². The maximum absolute atomic E-state index is 12.2. The second kappa shape index (κ2) is 11.3. The highest BCUT2D eigenvalue weighted by Gasteiger charge is 2.37. The third-order valence-corrected chi connectivity index (χ3v) is 6.84. The monoisotopic (exact) mass is 477 g/mol. The zero-order valence-electron chi connectivity index (χ0n) is 19.7. The molecule has 3 aromatic rings. The van der Waals surface area contributed by atoms with Gasteiger partial charge in [-0.05, 0) is 49.6 Å². The van der Waals surface area contributed by atoms with Crippen LogP contribution in [0, 0.1) is 0 Å². The Morgan fingerprint density at radius 1 is 0.824 bits per heavy atom. The van der Waals surface area contributed by atoms with E-state index in [1.807, 2.05) is 54.6 Å². The minimum Gasteiger partial charge on any atom is -0.480 e. The molecule has 0 bridgehead atoms. The molecule has 0 aliphatic heterocycles. The molecule has 6 heteroatoms. The summed E-state index contributed by atoms with van der Waals surface area (Å²) in [5, 5.41) is 12.2. The number of carboxylic acid groups (broad SMARTS) is 1. The van der Waals surface area contributed by atoms with Crippen molar-refractivity contribution in [3.63, 3.8) is 0 Å². The lowest BCUT2D eigenvalue weighted by Crippen LogP contribution is -2.44. The van der Waals surface area contributed by atoms with Crippen molar-refractivity contribution >= 4 is 23.8 Å². The number of hydrogen-bond donors (Lipinski definition) is 2. The fourth-order valence-corrected chi connectivity index (χ4v) is 5.37. The van der Waals surface area contributed by atoms with Crippen LogP contribution in [0.2, 0.25) is 0 Å². The highest BCUT2D eigenvalue weighted by Crippen LogP contribution is 2.48. The quantitative estimate of drug-likeness (QED) is 0.365. The van der Waals surface area contributed by atoms with E-state index >= 15 is 0 Å². The molecule has 0 heterocycles. The number of thioether (sulfide) groups is 1. The number of alkyl carbamates (subject to hydrolysis) is 1. The minimum atomic E-state index is -1.09. The number of amides is 1. The highest BCUT2D eigenvalue weighted by atomic mass is 32.2. The average Bonchev–Trinajstić information content (AvgIpc) is 2.81. The Kier molecular flexibility index (Phi) is 8.40. The number of carbonyl (C=O) groups is 2. The molecule has 1 atom stereocenters. The van der Waals surface area contributed by atoms with Gasteiger partial charge in [-0.2, -0.15) is 0 Å². The lowest BCUT2D eigenvalue weighted by molar-refractivity contribution is -0.139. The normalized spacial score (nSPS) is 12.6. The fourth-order valence-electron chi connectivity index (χ4n) is 3.81. The Morgan fingerprint density at radius 3 is 1.59 bits per heavy atom. The molecule has 0 fully saturated rings. The Hall–Kier alpha value is -3.25. The van der Waals surface area contributed by atoms with Gasteiger partial charge in [-0.15, -0.1) is 11.8 Å². The molecule has 0 aliphatic carbocycles. The molecule has 0 radical (unpaired) electrons. The first-order valence-corrected chi connectivity index (χ1v) is 12.2. The number of hydrogen-bond acceptors (Lipinski definition) is 4. The van der Waals surface area contributed by atoms with E-state index in [4.69, 9.17) is 4.74 Å². The Morgan fingerprint density at radius 2 is 1.24 bits per heavy atom. The largest absolute Gasteiger partial charge is 0.480 e. The van der Waals surface area contributed by atoms with E-state index in [-0.39, 0.29) is 6.42 Å². The Labute approximate surface area is 205 Å². The van der Waals surface area contributed by atoms with Crippen molar-refractivity contribution in [3.05, 3.63) is 108 Å². The molecular formula is C28H31NO4S.